The summed E-state index contributed by atoms with van der Waals surface area (Å²) >= 11 is 5.74. The smallest absolute Gasteiger partial charge is 0.307 e. The van der Waals surface area contributed by atoms with Crippen molar-refractivity contribution in [3.63, 3.8) is 0 Å². The van der Waals surface area contributed by atoms with Crippen LogP contribution in [0.5, 0.6) is 5.75 Å². The molecule has 2 unspecified atom stereocenters. The van der Waals surface area contributed by atoms with E-state index in [0.29, 0.717) is 0 Å². The van der Waals surface area contributed by atoms with E-state index in [0.717, 1.165) is 6.07 Å². The first-order valence-electron chi connectivity index (χ1n) is 5.63. The normalized spacial score (nSPS) is 22.5. The fourth-order valence-corrected chi connectivity index (χ4v) is 2.43. The fraction of sp³-hybridized carbons (Fsp3) is 0.417. The molecule has 1 aliphatic rings. The molecule has 0 bridgehead atoms. The van der Waals surface area contributed by atoms with Gasteiger partial charge >= 0.3 is 5.97 Å². The van der Waals surface area contributed by atoms with Crippen molar-refractivity contribution in [3.8, 4) is 5.75 Å². The number of carboxylic acids is 1. The summed E-state index contributed by atoms with van der Waals surface area (Å²) in [5, 5.41) is 11.4. The molecule has 1 fully saturated rings. The van der Waals surface area contributed by atoms with Gasteiger partial charge in [0.1, 0.15) is 16.6 Å². The number of carbonyl (C=O) groups is 1. The summed E-state index contributed by atoms with van der Waals surface area (Å²) in [4.78, 5) is 10.8. The van der Waals surface area contributed by atoms with Crippen LogP contribution >= 0.6 is 11.6 Å². The van der Waals surface area contributed by atoms with E-state index in [1.807, 2.05) is 0 Å². The largest absolute Gasteiger partial charge is 0.495 e. The zero-order valence-electron chi connectivity index (χ0n) is 10.0. The zero-order chi connectivity index (χ0) is 14.2. The van der Waals surface area contributed by atoms with E-state index < -0.39 is 29.6 Å². The molecule has 0 saturated carbocycles. The van der Waals surface area contributed by atoms with Crippen LogP contribution in [0.1, 0.15) is 18.0 Å². The van der Waals surface area contributed by atoms with Crippen molar-refractivity contribution in [2.45, 2.75) is 12.5 Å². The maximum absolute atomic E-state index is 14.1. The quantitative estimate of drug-likeness (QED) is 0.840. The van der Waals surface area contributed by atoms with Crippen molar-refractivity contribution in [2.75, 3.05) is 13.7 Å². The van der Waals surface area contributed by atoms with Gasteiger partial charge in [-0.3, -0.25) is 4.79 Å². The van der Waals surface area contributed by atoms with E-state index in [1.54, 1.807) is 0 Å². The minimum absolute atomic E-state index is 0.0896. The highest BCUT2D eigenvalue weighted by Gasteiger charge is 2.34. The first kappa shape index (κ1) is 14.0. The summed E-state index contributed by atoms with van der Waals surface area (Å²) in [5.74, 6) is -3.46. The monoisotopic (exact) mass is 291 g/mol. The van der Waals surface area contributed by atoms with Gasteiger partial charge in [-0.15, -0.1) is 0 Å². The maximum Gasteiger partial charge on any atom is 0.307 e. The Balaban J connectivity index is 2.36. The van der Waals surface area contributed by atoms with Crippen LogP contribution in [0.4, 0.5) is 8.78 Å². The van der Waals surface area contributed by atoms with Crippen LogP contribution in [0, 0.1) is 17.6 Å². The number of halogens is 3. The van der Waals surface area contributed by atoms with Crippen LogP contribution in [0.15, 0.2) is 6.07 Å². The Morgan fingerprint density at radius 1 is 1.58 bits per heavy atom. The van der Waals surface area contributed by atoms with E-state index in [2.05, 4.69) is 5.32 Å². The Bertz CT molecular complexity index is 524. The highest BCUT2D eigenvalue weighted by Crippen LogP contribution is 2.37. The average molecular weight is 292 g/mol. The lowest BCUT2D eigenvalue weighted by Crippen LogP contribution is -2.18. The Morgan fingerprint density at radius 2 is 2.26 bits per heavy atom. The zero-order valence-corrected chi connectivity index (χ0v) is 10.8. The van der Waals surface area contributed by atoms with E-state index in [4.69, 9.17) is 21.4 Å². The Hall–Kier alpha value is -1.40. The van der Waals surface area contributed by atoms with E-state index >= 15 is 0 Å². The van der Waals surface area contributed by atoms with Gasteiger partial charge in [-0.25, -0.2) is 8.78 Å². The summed E-state index contributed by atoms with van der Waals surface area (Å²) < 4.78 is 32.7. The average Bonchev–Trinajstić information content (AvgIpc) is 2.83. The van der Waals surface area contributed by atoms with Crippen LogP contribution in [0.25, 0.3) is 0 Å². The Labute approximate surface area is 113 Å². The molecule has 2 rings (SSSR count). The first-order valence-corrected chi connectivity index (χ1v) is 6.01. The molecule has 1 saturated heterocycles. The van der Waals surface area contributed by atoms with Crippen molar-refractivity contribution < 1.29 is 23.4 Å². The predicted molar refractivity (Wildman–Crippen MR) is 64.4 cm³/mol. The molecule has 0 spiro atoms. The van der Waals surface area contributed by atoms with Crippen LogP contribution < -0.4 is 10.1 Å². The number of hydrogen-bond acceptors (Lipinski definition) is 3. The topological polar surface area (TPSA) is 58.6 Å². The second kappa shape index (κ2) is 5.30. The van der Waals surface area contributed by atoms with Crippen LogP contribution in [0.2, 0.25) is 5.02 Å². The highest BCUT2D eigenvalue weighted by atomic mass is 35.5. The summed E-state index contributed by atoms with van der Waals surface area (Å²) in [6.07, 6.45) is 0.117. The van der Waals surface area contributed by atoms with Gasteiger partial charge in [0.15, 0.2) is 5.82 Å². The lowest BCUT2D eigenvalue weighted by molar-refractivity contribution is -0.141. The van der Waals surface area contributed by atoms with Gasteiger partial charge in [0, 0.05) is 24.2 Å². The highest BCUT2D eigenvalue weighted by molar-refractivity contribution is 6.32. The van der Waals surface area contributed by atoms with Gasteiger partial charge in [-0.1, -0.05) is 11.6 Å². The van der Waals surface area contributed by atoms with Crippen LogP contribution in [-0.4, -0.2) is 24.7 Å². The van der Waals surface area contributed by atoms with Crippen LogP contribution in [-0.2, 0) is 4.79 Å². The van der Waals surface area contributed by atoms with Crippen molar-refractivity contribution in [1.29, 1.82) is 0 Å². The molecule has 1 aromatic rings. The van der Waals surface area contributed by atoms with E-state index in [9.17, 15) is 13.6 Å². The number of methoxy groups -OCH3 is 1. The standard InChI is InChI=1S/C12H12ClF2NO3/c1-19-8-3-6(14)9(11(15)10(8)13)7-2-5(4-16-7)12(17)18/h3,5,7,16H,2,4H2,1H3,(H,17,18). The summed E-state index contributed by atoms with van der Waals surface area (Å²) in [5.41, 5.74) is -0.241. The number of benzene rings is 1. The summed E-state index contributed by atoms with van der Waals surface area (Å²) in [6, 6.07) is 0.292. The van der Waals surface area contributed by atoms with Crippen LogP contribution in [0.3, 0.4) is 0 Å². The molecule has 7 heteroatoms. The molecule has 0 radical (unpaired) electrons. The number of hydrogen-bond donors (Lipinski definition) is 2. The minimum Gasteiger partial charge on any atom is -0.495 e. The number of aliphatic carboxylic acids is 1. The second-order valence-corrected chi connectivity index (χ2v) is 4.71. The molecular formula is C12H12ClF2NO3. The number of rotatable bonds is 3. The molecule has 1 aromatic carbocycles. The van der Waals surface area contributed by atoms with Gasteiger partial charge in [-0.05, 0) is 6.42 Å². The number of nitrogens with one attached hydrogen (secondary N) is 1. The lowest BCUT2D eigenvalue weighted by Gasteiger charge is -2.15. The second-order valence-electron chi connectivity index (χ2n) is 4.33. The Kier molecular flexibility index (Phi) is 3.91. The summed E-state index contributed by atoms with van der Waals surface area (Å²) in [6.45, 7) is 0.169. The molecule has 2 N–H and O–H groups in total. The van der Waals surface area contributed by atoms with Crippen molar-refractivity contribution in [3.05, 3.63) is 28.3 Å². The molecule has 0 aliphatic carbocycles. The molecule has 4 nitrogen and oxygen atoms in total. The third-order valence-corrected chi connectivity index (χ3v) is 3.56. The molecular weight excluding hydrogens is 280 g/mol. The molecule has 0 aromatic heterocycles. The SMILES string of the molecule is COc1cc(F)c(C2CC(C(=O)O)CN2)c(F)c1Cl. The van der Waals surface area contributed by atoms with Crippen molar-refractivity contribution >= 4 is 17.6 Å². The third-order valence-electron chi connectivity index (χ3n) is 3.21. The predicted octanol–water partition coefficient (Wildman–Crippen LogP) is 2.36. The number of ether oxygens (including phenoxy) is 1. The maximum atomic E-state index is 14.1. The van der Waals surface area contributed by atoms with Gasteiger partial charge in [-0.2, -0.15) is 0 Å². The third kappa shape index (κ3) is 2.50. The molecule has 0 amide bonds. The molecule has 1 aliphatic heterocycles. The molecule has 1 heterocycles. The van der Waals surface area contributed by atoms with Gasteiger partial charge in [0.25, 0.3) is 0 Å². The molecule has 2 atom stereocenters. The number of carboxylic acid groups (broad SMARTS) is 1. The summed E-state index contributed by atoms with van der Waals surface area (Å²) in [7, 11) is 1.26. The lowest BCUT2D eigenvalue weighted by atomic mass is 9.99. The van der Waals surface area contributed by atoms with E-state index in [1.165, 1.54) is 7.11 Å². The van der Waals surface area contributed by atoms with Gasteiger partial charge in [0.2, 0.25) is 0 Å². The van der Waals surface area contributed by atoms with Crippen molar-refractivity contribution in [2.24, 2.45) is 5.92 Å². The van der Waals surface area contributed by atoms with E-state index in [-0.39, 0.29) is 29.3 Å². The van der Waals surface area contributed by atoms with Gasteiger partial charge < -0.3 is 15.2 Å². The molecule has 104 valence electrons. The minimum atomic E-state index is -0.990. The Morgan fingerprint density at radius 3 is 2.79 bits per heavy atom. The van der Waals surface area contributed by atoms with Crippen molar-refractivity contribution in [1.82, 2.24) is 5.32 Å². The van der Waals surface area contributed by atoms with Gasteiger partial charge in [0.05, 0.1) is 13.0 Å². The fourth-order valence-electron chi connectivity index (χ4n) is 2.20. The molecule has 19 heavy (non-hydrogen) atoms. The first-order chi connectivity index (χ1) is 8.95.